The van der Waals surface area contributed by atoms with Crippen LogP contribution in [0.5, 0.6) is 0 Å². The van der Waals surface area contributed by atoms with Crippen molar-refractivity contribution in [2.24, 2.45) is 0 Å². The number of nitrogens with one attached hydrogen (secondary N) is 1. The number of rotatable bonds is 8. The van der Waals surface area contributed by atoms with Crippen molar-refractivity contribution >= 4 is 34.6 Å². The largest absolute Gasteiger partial charge is 0.462 e. The second kappa shape index (κ2) is 10.4. The summed E-state index contributed by atoms with van der Waals surface area (Å²) in [4.78, 5) is 51.4. The molecule has 1 amide bonds. The summed E-state index contributed by atoms with van der Waals surface area (Å²) < 4.78 is 17.1. The van der Waals surface area contributed by atoms with E-state index in [1.165, 1.54) is 17.6 Å². The molecule has 0 aliphatic rings. The van der Waals surface area contributed by atoms with Crippen LogP contribution in [0.1, 0.15) is 65.3 Å². The number of hydrogen-bond acceptors (Lipinski definition) is 7. The smallest absolute Gasteiger partial charge is 0.344 e. The van der Waals surface area contributed by atoms with Crippen LogP contribution in [0.25, 0.3) is 10.9 Å². The lowest BCUT2D eigenvalue weighted by atomic mass is 10.1. The first-order valence-corrected chi connectivity index (χ1v) is 11.1. The summed E-state index contributed by atoms with van der Waals surface area (Å²) in [6, 6.07) is 7.90. The van der Waals surface area contributed by atoms with E-state index >= 15 is 0 Å². The molecule has 180 valence electrons. The lowest BCUT2D eigenvalue weighted by Gasteiger charge is -2.20. The minimum atomic E-state index is -0.899. The molecule has 0 aliphatic carbocycles. The van der Waals surface area contributed by atoms with Gasteiger partial charge in [-0.3, -0.25) is 19.5 Å². The summed E-state index contributed by atoms with van der Waals surface area (Å²) in [5.41, 5.74) is 0.760. The molecule has 0 aliphatic heterocycles. The van der Waals surface area contributed by atoms with Gasteiger partial charge in [0.2, 0.25) is 11.8 Å². The number of carbonyl (C=O) groups excluding carboxylic acids is 3. The number of aryl methyl sites for hydroxylation is 2. The van der Waals surface area contributed by atoms with Crippen LogP contribution in [-0.2, 0) is 14.3 Å². The first-order chi connectivity index (χ1) is 16.2. The molecule has 2 aromatic heterocycles. The normalized spacial score (nSPS) is 11.8. The number of furan rings is 1. The molecule has 1 atom stereocenters. The third kappa shape index (κ3) is 4.59. The molecule has 0 saturated carbocycles. The molecule has 3 aromatic rings. The average molecular weight is 469 g/mol. The van der Waals surface area contributed by atoms with Crippen molar-refractivity contribution in [3.8, 4) is 0 Å². The monoisotopic (exact) mass is 468 g/mol. The first-order valence-electron chi connectivity index (χ1n) is 11.1. The number of benzene rings is 1. The Morgan fingerprint density at radius 3 is 2.24 bits per heavy atom. The Bertz CT molecular complexity index is 1300. The SMILES string of the molecule is CCOC(=O)c1c(C)oc(NC(=O)C(CC)n2c(=O)cc(C)c3ccccc32)c1C(=O)OCC. The molecule has 1 unspecified atom stereocenters. The number of aromatic nitrogens is 1. The van der Waals surface area contributed by atoms with Crippen molar-refractivity contribution in [3.63, 3.8) is 0 Å². The molecular weight excluding hydrogens is 440 g/mol. The first kappa shape index (κ1) is 24.8. The van der Waals surface area contributed by atoms with Gasteiger partial charge in [-0.25, -0.2) is 9.59 Å². The molecule has 0 saturated heterocycles. The average Bonchev–Trinajstić information content (AvgIpc) is 3.12. The molecule has 9 nitrogen and oxygen atoms in total. The highest BCUT2D eigenvalue weighted by molar-refractivity contribution is 6.09. The number of anilines is 1. The van der Waals surface area contributed by atoms with Gasteiger partial charge in [0.15, 0.2) is 0 Å². The molecule has 0 fully saturated rings. The molecular formula is C25H28N2O7. The predicted molar refractivity (Wildman–Crippen MR) is 126 cm³/mol. The number of amides is 1. The van der Waals surface area contributed by atoms with Crippen molar-refractivity contribution in [2.45, 2.75) is 47.1 Å². The Hall–Kier alpha value is -3.88. The van der Waals surface area contributed by atoms with Crippen LogP contribution in [-0.4, -0.2) is 35.6 Å². The van der Waals surface area contributed by atoms with Crippen LogP contribution in [0.2, 0.25) is 0 Å². The molecule has 0 radical (unpaired) electrons. The molecule has 34 heavy (non-hydrogen) atoms. The number of para-hydroxylation sites is 1. The summed E-state index contributed by atoms with van der Waals surface area (Å²) in [6.45, 7) is 8.50. The van der Waals surface area contributed by atoms with Crippen LogP contribution < -0.4 is 10.9 Å². The summed E-state index contributed by atoms with van der Waals surface area (Å²) in [6.07, 6.45) is 0.290. The van der Waals surface area contributed by atoms with Gasteiger partial charge in [0, 0.05) is 11.5 Å². The number of carbonyl (C=O) groups is 3. The third-order valence-corrected chi connectivity index (χ3v) is 5.45. The quantitative estimate of drug-likeness (QED) is 0.494. The molecule has 0 spiro atoms. The molecule has 9 heteroatoms. The van der Waals surface area contributed by atoms with E-state index in [4.69, 9.17) is 13.9 Å². The van der Waals surface area contributed by atoms with E-state index in [1.54, 1.807) is 32.9 Å². The predicted octanol–water partition coefficient (Wildman–Crippen LogP) is 4.15. The van der Waals surface area contributed by atoms with Crippen LogP contribution in [0.4, 0.5) is 5.88 Å². The van der Waals surface area contributed by atoms with Gasteiger partial charge in [0.05, 0.1) is 18.7 Å². The minimum absolute atomic E-state index is 0.0566. The van der Waals surface area contributed by atoms with Crippen molar-refractivity contribution in [1.82, 2.24) is 4.57 Å². The van der Waals surface area contributed by atoms with E-state index < -0.39 is 23.9 Å². The topological polar surface area (TPSA) is 117 Å². The van der Waals surface area contributed by atoms with Crippen molar-refractivity contribution in [2.75, 3.05) is 18.5 Å². The van der Waals surface area contributed by atoms with Crippen molar-refractivity contribution < 1.29 is 28.3 Å². The maximum Gasteiger partial charge on any atom is 0.344 e. The maximum absolute atomic E-state index is 13.4. The van der Waals surface area contributed by atoms with E-state index in [2.05, 4.69) is 5.32 Å². The number of fused-ring (bicyclic) bond motifs is 1. The molecule has 2 heterocycles. The van der Waals surface area contributed by atoms with E-state index in [-0.39, 0.29) is 48.0 Å². The van der Waals surface area contributed by atoms with Gasteiger partial charge in [-0.05, 0) is 45.7 Å². The van der Waals surface area contributed by atoms with E-state index in [0.717, 1.165) is 10.9 Å². The summed E-state index contributed by atoms with van der Waals surface area (Å²) in [5.74, 6) is -2.30. The van der Waals surface area contributed by atoms with Gasteiger partial charge in [-0.2, -0.15) is 0 Å². The lowest BCUT2D eigenvalue weighted by molar-refractivity contribution is -0.119. The molecule has 1 aromatic carbocycles. The number of hydrogen-bond donors (Lipinski definition) is 1. The highest BCUT2D eigenvalue weighted by atomic mass is 16.5. The Morgan fingerprint density at radius 2 is 1.62 bits per heavy atom. The second-order valence-corrected chi connectivity index (χ2v) is 7.64. The Balaban J connectivity index is 2.08. The number of nitrogens with zero attached hydrogens (tertiary/aromatic N) is 1. The highest BCUT2D eigenvalue weighted by Crippen LogP contribution is 2.30. The summed E-state index contributed by atoms with van der Waals surface area (Å²) in [7, 11) is 0. The molecule has 1 N–H and O–H groups in total. The summed E-state index contributed by atoms with van der Waals surface area (Å²) in [5, 5.41) is 3.44. The zero-order chi connectivity index (χ0) is 25.0. The fourth-order valence-electron chi connectivity index (χ4n) is 3.95. The van der Waals surface area contributed by atoms with Gasteiger partial charge in [0.25, 0.3) is 5.56 Å². The zero-order valence-corrected chi connectivity index (χ0v) is 19.9. The number of pyridine rings is 1. The fraction of sp³-hybridized carbons (Fsp3) is 0.360. The van der Waals surface area contributed by atoms with Gasteiger partial charge < -0.3 is 13.9 Å². The van der Waals surface area contributed by atoms with Crippen molar-refractivity contribution in [1.29, 1.82) is 0 Å². The number of esters is 2. The Labute approximate surface area is 196 Å². The van der Waals surface area contributed by atoms with Crippen LogP contribution in [0, 0.1) is 13.8 Å². The van der Waals surface area contributed by atoms with Gasteiger partial charge >= 0.3 is 11.9 Å². The van der Waals surface area contributed by atoms with E-state index in [0.29, 0.717) is 5.52 Å². The lowest BCUT2D eigenvalue weighted by Crippen LogP contribution is -2.33. The maximum atomic E-state index is 13.4. The third-order valence-electron chi connectivity index (χ3n) is 5.45. The Kier molecular flexibility index (Phi) is 7.55. The minimum Gasteiger partial charge on any atom is -0.462 e. The van der Waals surface area contributed by atoms with Crippen LogP contribution >= 0.6 is 0 Å². The van der Waals surface area contributed by atoms with Crippen molar-refractivity contribution in [3.05, 3.63) is 63.1 Å². The highest BCUT2D eigenvalue weighted by Gasteiger charge is 2.33. The van der Waals surface area contributed by atoms with Gasteiger partial charge in [-0.1, -0.05) is 25.1 Å². The summed E-state index contributed by atoms with van der Waals surface area (Å²) >= 11 is 0. The van der Waals surface area contributed by atoms with Crippen LogP contribution in [0.3, 0.4) is 0 Å². The fourth-order valence-corrected chi connectivity index (χ4v) is 3.95. The number of ether oxygens (including phenoxy) is 2. The van der Waals surface area contributed by atoms with Gasteiger partial charge in [0.1, 0.15) is 22.9 Å². The standard InChI is InChI=1S/C25H28N2O7/c1-6-17(27-18-12-10-9-11-16(18)14(4)13-19(27)28)22(29)26-23-21(25(31)33-8-3)20(15(5)34-23)24(30)32-7-2/h9-13,17H,6-8H2,1-5H3,(H,26,29). The molecule has 0 bridgehead atoms. The Morgan fingerprint density at radius 1 is 1.00 bits per heavy atom. The second-order valence-electron chi connectivity index (χ2n) is 7.64. The molecule has 3 rings (SSSR count). The van der Waals surface area contributed by atoms with E-state index in [9.17, 15) is 19.2 Å². The van der Waals surface area contributed by atoms with Gasteiger partial charge in [-0.15, -0.1) is 0 Å². The van der Waals surface area contributed by atoms with E-state index in [1.807, 2.05) is 19.1 Å². The zero-order valence-electron chi connectivity index (χ0n) is 19.9. The van der Waals surface area contributed by atoms with Crippen LogP contribution in [0.15, 0.2) is 39.5 Å².